The third kappa shape index (κ3) is 4.92. The standard InChI is InChI=1S/C26H26N2O5S2/c1-14(2)33-25(31)22-15(3)27-26-28(23(22)17-7-9-18(34-5)10-8-17)24(30)21(35-26)13-16-6-11-19(29)20(12-16)32-4/h6-14,23,29H,1-5H3/b21-13-/t23-/m1/s1. The molecule has 1 atom stereocenters. The number of aromatic nitrogens is 1. The first-order valence-electron chi connectivity index (χ1n) is 11.0. The van der Waals surface area contributed by atoms with Crippen LogP contribution in [0, 0.1) is 0 Å². The summed E-state index contributed by atoms with van der Waals surface area (Å²) >= 11 is 2.86. The van der Waals surface area contributed by atoms with E-state index in [2.05, 4.69) is 4.99 Å². The lowest BCUT2D eigenvalue weighted by Crippen LogP contribution is -2.40. The van der Waals surface area contributed by atoms with Crippen molar-refractivity contribution in [2.75, 3.05) is 13.4 Å². The number of aromatic hydroxyl groups is 1. The maximum absolute atomic E-state index is 13.7. The van der Waals surface area contributed by atoms with Crippen LogP contribution in [0.2, 0.25) is 0 Å². The van der Waals surface area contributed by atoms with Crippen LogP contribution in [0.4, 0.5) is 0 Å². The predicted molar refractivity (Wildman–Crippen MR) is 138 cm³/mol. The molecule has 35 heavy (non-hydrogen) atoms. The van der Waals surface area contributed by atoms with E-state index in [0.717, 1.165) is 10.5 Å². The van der Waals surface area contributed by atoms with Crippen molar-refractivity contribution in [3.63, 3.8) is 0 Å². The first kappa shape index (κ1) is 24.8. The molecule has 1 aromatic heterocycles. The van der Waals surface area contributed by atoms with Crippen LogP contribution in [-0.4, -0.2) is 35.1 Å². The monoisotopic (exact) mass is 510 g/mol. The molecule has 0 saturated heterocycles. The van der Waals surface area contributed by atoms with Crippen LogP contribution >= 0.6 is 23.1 Å². The Balaban J connectivity index is 1.92. The normalized spacial score (nSPS) is 15.7. The number of rotatable bonds is 6. The van der Waals surface area contributed by atoms with E-state index in [1.807, 2.05) is 30.5 Å². The van der Waals surface area contributed by atoms with Gasteiger partial charge in [0.2, 0.25) is 0 Å². The van der Waals surface area contributed by atoms with E-state index in [9.17, 15) is 14.7 Å². The molecule has 4 rings (SSSR count). The van der Waals surface area contributed by atoms with Crippen molar-refractivity contribution in [1.82, 2.24) is 4.57 Å². The van der Waals surface area contributed by atoms with E-state index >= 15 is 0 Å². The fourth-order valence-corrected chi connectivity index (χ4v) is 5.35. The number of methoxy groups -OCH3 is 1. The second-order valence-corrected chi connectivity index (χ2v) is 10.1. The zero-order valence-corrected chi connectivity index (χ0v) is 21.7. The summed E-state index contributed by atoms with van der Waals surface area (Å²) in [5.74, 6) is -0.158. The Morgan fingerprint density at radius 3 is 2.57 bits per heavy atom. The lowest BCUT2D eigenvalue weighted by Gasteiger charge is -2.25. The van der Waals surface area contributed by atoms with E-state index in [1.165, 1.54) is 24.5 Å². The van der Waals surface area contributed by atoms with Gasteiger partial charge in [-0.2, -0.15) is 0 Å². The molecule has 0 radical (unpaired) electrons. The highest BCUT2D eigenvalue weighted by molar-refractivity contribution is 7.98. The fourth-order valence-electron chi connectivity index (χ4n) is 3.90. The minimum absolute atomic E-state index is 0.0173. The molecule has 1 N–H and O–H groups in total. The molecule has 0 unspecified atom stereocenters. The Kier molecular flexibility index (Phi) is 7.18. The number of carbonyl (C=O) groups is 1. The minimum Gasteiger partial charge on any atom is -0.504 e. The van der Waals surface area contributed by atoms with Gasteiger partial charge in [-0.05, 0) is 68.5 Å². The average molecular weight is 511 g/mol. The number of carbonyl (C=O) groups excluding carboxylic acids is 1. The number of ether oxygens (including phenoxy) is 2. The van der Waals surface area contributed by atoms with Crippen LogP contribution in [0.3, 0.4) is 0 Å². The van der Waals surface area contributed by atoms with E-state index < -0.39 is 12.0 Å². The number of allylic oxidation sites excluding steroid dienone is 1. The molecule has 9 heteroatoms. The number of thiazole rings is 1. The molecule has 2 heterocycles. The van der Waals surface area contributed by atoms with Gasteiger partial charge in [-0.25, -0.2) is 9.79 Å². The SMILES string of the molecule is COc1cc(/C=c2\sc3n(c2=O)[C@H](c2ccc(SC)cc2)C(C(=O)OC(C)C)=C(C)N=3)ccc1O. The van der Waals surface area contributed by atoms with Gasteiger partial charge in [-0.15, -0.1) is 11.8 Å². The smallest absolute Gasteiger partial charge is 0.338 e. The highest BCUT2D eigenvalue weighted by Crippen LogP contribution is 2.32. The number of nitrogens with zero attached hydrogens (tertiary/aromatic N) is 2. The number of hydrogen-bond donors (Lipinski definition) is 1. The zero-order valence-electron chi connectivity index (χ0n) is 20.1. The van der Waals surface area contributed by atoms with Crippen molar-refractivity contribution in [3.8, 4) is 11.5 Å². The number of fused-ring (bicyclic) bond motifs is 1. The number of hydrogen-bond acceptors (Lipinski definition) is 8. The van der Waals surface area contributed by atoms with E-state index in [4.69, 9.17) is 9.47 Å². The summed E-state index contributed by atoms with van der Waals surface area (Å²) in [4.78, 5) is 33.0. The molecule has 7 nitrogen and oxygen atoms in total. The van der Waals surface area contributed by atoms with Crippen LogP contribution in [0.5, 0.6) is 11.5 Å². The van der Waals surface area contributed by atoms with Gasteiger partial charge in [-0.3, -0.25) is 9.36 Å². The molecular weight excluding hydrogens is 484 g/mol. The quantitative estimate of drug-likeness (QED) is 0.402. The number of benzene rings is 2. The Labute approximate surface area is 211 Å². The Morgan fingerprint density at radius 1 is 1.23 bits per heavy atom. The molecule has 2 aromatic carbocycles. The highest BCUT2D eigenvalue weighted by atomic mass is 32.2. The van der Waals surface area contributed by atoms with Crippen LogP contribution in [0.1, 0.15) is 37.9 Å². The number of phenols is 1. The second-order valence-electron chi connectivity index (χ2n) is 8.24. The summed E-state index contributed by atoms with van der Waals surface area (Å²) in [7, 11) is 1.47. The van der Waals surface area contributed by atoms with Crippen molar-refractivity contribution in [3.05, 3.63) is 84.5 Å². The first-order valence-corrected chi connectivity index (χ1v) is 13.0. The summed E-state index contributed by atoms with van der Waals surface area (Å²) in [6, 6.07) is 12.0. The number of phenolic OH excluding ortho intramolecular Hbond substituents is 1. The molecule has 1 aliphatic heterocycles. The van der Waals surface area contributed by atoms with Gasteiger partial charge >= 0.3 is 5.97 Å². The van der Waals surface area contributed by atoms with Crippen LogP contribution in [0.25, 0.3) is 6.08 Å². The fraction of sp³-hybridized carbons (Fsp3) is 0.269. The van der Waals surface area contributed by atoms with Gasteiger partial charge < -0.3 is 14.6 Å². The van der Waals surface area contributed by atoms with Gasteiger partial charge in [-0.1, -0.05) is 29.5 Å². The zero-order chi connectivity index (χ0) is 25.3. The molecular formula is C26H26N2O5S2. The van der Waals surface area contributed by atoms with Crippen molar-refractivity contribution in [2.45, 2.75) is 37.8 Å². The van der Waals surface area contributed by atoms with Crippen molar-refractivity contribution < 1.29 is 19.4 Å². The molecule has 0 saturated carbocycles. The summed E-state index contributed by atoms with van der Waals surface area (Å²) in [6.07, 6.45) is 3.41. The molecule has 0 bridgehead atoms. The Morgan fingerprint density at radius 2 is 1.94 bits per heavy atom. The second kappa shape index (κ2) is 10.1. The molecule has 0 fully saturated rings. The van der Waals surface area contributed by atoms with Gasteiger partial charge in [0, 0.05) is 4.90 Å². The maximum atomic E-state index is 13.7. The van der Waals surface area contributed by atoms with Crippen molar-refractivity contribution in [1.29, 1.82) is 0 Å². The highest BCUT2D eigenvalue weighted by Gasteiger charge is 2.33. The lowest BCUT2D eigenvalue weighted by atomic mass is 9.96. The van der Waals surface area contributed by atoms with Crippen molar-refractivity contribution >= 4 is 35.1 Å². The molecule has 0 amide bonds. The van der Waals surface area contributed by atoms with Crippen LogP contribution in [-0.2, 0) is 9.53 Å². The van der Waals surface area contributed by atoms with E-state index in [0.29, 0.717) is 31.9 Å². The van der Waals surface area contributed by atoms with E-state index in [1.54, 1.807) is 55.3 Å². The van der Waals surface area contributed by atoms with Gasteiger partial charge in [0.1, 0.15) is 0 Å². The predicted octanol–water partition coefficient (Wildman–Crippen LogP) is 3.62. The lowest BCUT2D eigenvalue weighted by molar-refractivity contribution is -0.143. The average Bonchev–Trinajstić information content (AvgIpc) is 3.13. The largest absolute Gasteiger partial charge is 0.504 e. The molecule has 1 aliphatic rings. The van der Waals surface area contributed by atoms with E-state index in [-0.39, 0.29) is 17.4 Å². The summed E-state index contributed by atoms with van der Waals surface area (Å²) < 4.78 is 12.7. The summed E-state index contributed by atoms with van der Waals surface area (Å²) in [5.41, 5.74) is 2.10. The number of esters is 1. The van der Waals surface area contributed by atoms with Crippen LogP contribution in [0.15, 0.2) is 68.4 Å². The topological polar surface area (TPSA) is 90.1 Å². The van der Waals surface area contributed by atoms with Gasteiger partial charge in [0.05, 0.1) is 35.1 Å². The Bertz CT molecular complexity index is 1480. The minimum atomic E-state index is -0.662. The third-order valence-corrected chi connectivity index (χ3v) is 7.24. The number of thioether (sulfide) groups is 1. The Hall–Kier alpha value is -3.30. The summed E-state index contributed by atoms with van der Waals surface area (Å²) in [5, 5.41) is 9.89. The van der Waals surface area contributed by atoms with Gasteiger partial charge in [0.25, 0.3) is 5.56 Å². The van der Waals surface area contributed by atoms with Crippen molar-refractivity contribution in [2.24, 2.45) is 4.99 Å². The molecule has 3 aromatic rings. The van der Waals surface area contributed by atoms with Crippen LogP contribution < -0.4 is 19.6 Å². The third-order valence-electron chi connectivity index (χ3n) is 5.52. The molecule has 0 aliphatic carbocycles. The first-order chi connectivity index (χ1) is 16.7. The molecule has 182 valence electrons. The summed E-state index contributed by atoms with van der Waals surface area (Å²) in [6.45, 7) is 5.34. The molecule has 0 spiro atoms. The maximum Gasteiger partial charge on any atom is 0.338 e. The van der Waals surface area contributed by atoms with Gasteiger partial charge in [0.15, 0.2) is 16.3 Å².